The summed E-state index contributed by atoms with van der Waals surface area (Å²) >= 11 is 0. The van der Waals surface area contributed by atoms with Gasteiger partial charge in [-0.25, -0.2) is 4.79 Å². The molecule has 0 unspecified atom stereocenters. The molecule has 0 aliphatic rings. The zero-order valence-electron chi connectivity index (χ0n) is 10.9. The number of aryl methyl sites for hydroxylation is 3. The number of aromatic nitrogens is 1. The highest BCUT2D eigenvalue weighted by Gasteiger charge is 2.24. The zero-order valence-corrected chi connectivity index (χ0v) is 10.9. The fourth-order valence-electron chi connectivity index (χ4n) is 2.61. The van der Waals surface area contributed by atoms with Gasteiger partial charge >= 0.3 is 5.97 Å². The summed E-state index contributed by atoms with van der Waals surface area (Å²) in [6.45, 7) is 5.26. The van der Waals surface area contributed by atoms with Gasteiger partial charge in [0.05, 0.1) is 11.1 Å². The number of fused-ring (bicyclic) bond motifs is 1. The minimum atomic E-state index is -1.07. The molecule has 4 heteroatoms. The van der Waals surface area contributed by atoms with Gasteiger partial charge in [0.1, 0.15) is 5.69 Å². The van der Waals surface area contributed by atoms with E-state index >= 15 is 0 Å². The Hall–Kier alpha value is -2.10. The molecule has 0 amide bonds. The van der Waals surface area contributed by atoms with Crippen molar-refractivity contribution in [2.45, 2.75) is 20.8 Å². The average Bonchev–Trinajstić information content (AvgIpc) is 2.51. The fraction of sp³-hybridized carbons (Fsp3) is 0.286. The van der Waals surface area contributed by atoms with Gasteiger partial charge in [0.25, 0.3) is 0 Å². The monoisotopic (exact) mass is 245 g/mol. The summed E-state index contributed by atoms with van der Waals surface area (Å²) in [6.07, 6.45) is 0. The second-order valence-electron chi connectivity index (χ2n) is 4.62. The van der Waals surface area contributed by atoms with Crippen molar-refractivity contribution in [3.8, 4) is 0 Å². The van der Waals surface area contributed by atoms with Gasteiger partial charge in [-0.1, -0.05) is 11.6 Å². The Balaban J connectivity index is 3.06. The molecule has 0 aliphatic carbocycles. The lowest BCUT2D eigenvalue weighted by Gasteiger charge is -2.03. The van der Waals surface area contributed by atoms with Crippen LogP contribution in [0.1, 0.15) is 38.9 Å². The number of Topliss-reactive ketones (excluding diaryl/α,β-unsaturated/α-hetero) is 1. The molecule has 0 saturated carbocycles. The minimum Gasteiger partial charge on any atom is -0.477 e. The van der Waals surface area contributed by atoms with E-state index in [9.17, 15) is 14.7 Å². The Morgan fingerprint density at radius 2 is 1.83 bits per heavy atom. The van der Waals surface area contributed by atoms with Crippen LogP contribution in [0.3, 0.4) is 0 Å². The first kappa shape index (κ1) is 12.4. The summed E-state index contributed by atoms with van der Waals surface area (Å²) in [5.41, 5.74) is 3.16. The van der Waals surface area contributed by atoms with Crippen molar-refractivity contribution in [2.75, 3.05) is 0 Å². The molecule has 1 aromatic heterocycles. The van der Waals surface area contributed by atoms with E-state index in [2.05, 4.69) is 0 Å². The van der Waals surface area contributed by atoms with Crippen LogP contribution in [0.4, 0.5) is 0 Å². The molecule has 0 bridgehead atoms. The van der Waals surface area contributed by atoms with E-state index in [1.165, 1.54) is 6.92 Å². The van der Waals surface area contributed by atoms with Gasteiger partial charge in [0.2, 0.25) is 0 Å². The van der Waals surface area contributed by atoms with E-state index < -0.39 is 5.97 Å². The number of hydrogen-bond acceptors (Lipinski definition) is 2. The molecule has 94 valence electrons. The van der Waals surface area contributed by atoms with Crippen LogP contribution in [-0.2, 0) is 7.05 Å². The van der Waals surface area contributed by atoms with E-state index in [0.717, 1.165) is 22.0 Å². The maximum Gasteiger partial charge on any atom is 0.353 e. The van der Waals surface area contributed by atoms with Gasteiger partial charge < -0.3 is 9.67 Å². The van der Waals surface area contributed by atoms with Crippen LogP contribution < -0.4 is 0 Å². The maximum absolute atomic E-state index is 11.7. The second-order valence-corrected chi connectivity index (χ2v) is 4.62. The molecule has 1 heterocycles. The Labute approximate surface area is 105 Å². The van der Waals surface area contributed by atoms with Crippen LogP contribution in [-0.4, -0.2) is 21.4 Å². The summed E-state index contributed by atoms with van der Waals surface area (Å²) in [7, 11) is 1.68. The minimum absolute atomic E-state index is 0.0613. The standard InChI is InChI=1S/C14H15NO3/c1-7-5-8(2)12-10(6-7)11(9(3)16)13(14(17)18)15(12)4/h5-6H,1-4H3,(H,17,18). The van der Waals surface area contributed by atoms with Crippen molar-refractivity contribution in [3.63, 3.8) is 0 Å². The zero-order chi connectivity index (χ0) is 13.6. The number of carboxylic acids is 1. The number of rotatable bonds is 2. The predicted molar refractivity (Wildman–Crippen MR) is 69.4 cm³/mol. The van der Waals surface area contributed by atoms with Gasteiger partial charge in [-0.3, -0.25) is 4.79 Å². The van der Waals surface area contributed by atoms with Crippen LogP contribution >= 0.6 is 0 Å². The SMILES string of the molecule is CC(=O)c1c(C(=O)O)n(C)c2c(C)cc(C)cc12. The highest BCUT2D eigenvalue weighted by molar-refractivity contribution is 6.15. The van der Waals surface area contributed by atoms with Crippen molar-refractivity contribution in [1.29, 1.82) is 0 Å². The molecule has 0 saturated heterocycles. The molecular formula is C14H15NO3. The summed E-state index contributed by atoms with van der Waals surface area (Å²) in [4.78, 5) is 23.1. The van der Waals surface area contributed by atoms with Gasteiger partial charge in [0, 0.05) is 12.4 Å². The molecule has 0 aliphatic heterocycles. The number of hydrogen-bond donors (Lipinski definition) is 1. The van der Waals surface area contributed by atoms with Crippen molar-refractivity contribution in [2.24, 2.45) is 7.05 Å². The Morgan fingerprint density at radius 1 is 1.22 bits per heavy atom. The van der Waals surface area contributed by atoms with E-state index in [4.69, 9.17) is 0 Å². The van der Waals surface area contributed by atoms with Crippen LogP contribution in [0.25, 0.3) is 10.9 Å². The molecule has 0 fully saturated rings. The number of carbonyl (C=O) groups excluding carboxylic acids is 1. The average molecular weight is 245 g/mol. The van der Waals surface area contributed by atoms with Crippen LogP contribution in [0, 0.1) is 13.8 Å². The number of aromatic carboxylic acids is 1. The molecule has 18 heavy (non-hydrogen) atoms. The summed E-state index contributed by atoms with van der Waals surface area (Å²) in [5, 5.41) is 10.0. The van der Waals surface area contributed by atoms with Gasteiger partial charge in [-0.15, -0.1) is 0 Å². The number of carboxylic acid groups (broad SMARTS) is 1. The van der Waals surface area contributed by atoms with E-state index in [0.29, 0.717) is 5.56 Å². The lowest BCUT2D eigenvalue weighted by atomic mass is 10.0. The molecule has 1 N–H and O–H groups in total. The summed E-state index contributed by atoms with van der Waals surface area (Å²) < 4.78 is 1.59. The Bertz CT molecular complexity index is 680. The largest absolute Gasteiger partial charge is 0.477 e. The molecular weight excluding hydrogens is 230 g/mol. The smallest absolute Gasteiger partial charge is 0.353 e. The fourth-order valence-corrected chi connectivity index (χ4v) is 2.61. The highest BCUT2D eigenvalue weighted by atomic mass is 16.4. The molecule has 4 nitrogen and oxygen atoms in total. The first-order valence-corrected chi connectivity index (χ1v) is 5.68. The van der Waals surface area contributed by atoms with Crippen molar-refractivity contribution >= 4 is 22.7 Å². The normalized spacial score (nSPS) is 10.9. The molecule has 1 aromatic carbocycles. The van der Waals surface area contributed by atoms with Crippen LogP contribution in [0.2, 0.25) is 0 Å². The maximum atomic E-state index is 11.7. The van der Waals surface area contributed by atoms with Gasteiger partial charge in [-0.05, 0) is 32.4 Å². The first-order valence-electron chi connectivity index (χ1n) is 5.68. The predicted octanol–water partition coefficient (Wildman–Crippen LogP) is 2.70. The summed E-state index contributed by atoms with van der Waals surface area (Å²) in [5.74, 6) is -1.29. The van der Waals surface area contributed by atoms with Crippen molar-refractivity contribution in [3.05, 3.63) is 34.5 Å². The molecule has 2 rings (SSSR count). The Morgan fingerprint density at radius 3 is 2.33 bits per heavy atom. The summed E-state index contributed by atoms with van der Waals surface area (Å²) in [6, 6.07) is 3.85. The molecule has 0 radical (unpaired) electrons. The third-order valence-electron chi connectivity index (χ3n) is 3.18. The van der Waals surface area contributed by atoms with E-state index in [-0.39, 0.29) is 11.5 Å². The molecule has 2 aromatic rings. The highest BCUT2D eigenvalue weighted by Crippen LogP contribution is 2.29. The number of carbonyl (C=O) groups is 2. The van der Waals surface area contributed by atoms with Gasteiger partial charge in [-0.2, -0.15) is 0 Å². The van der Waals surface area contributed by atoms with E-state index in [1.807, 2.05) is 26.0 Å². The third kappa shape index (κ3) is 1.61. The number of benzene rings is 1. The lowest BCUT2D eigenvalue weighted by molar-refractivity contribution is 0.0682. The van der Waals surface area contributed by atoms with Crippen LogP contribution in [0.15, 0.2) is 12.1 Å². The topological polar surface area (TPSA) is 59.3 Å². The Kier molecular flexibility index (Phi) is 2.73. The lowest BCUT2D eigenvalue weighted by Crippen LogP contribution is -2.09. The van der Waals surface area contributed by atoms with E-state index in [1.54, 1.807) is 11.6 Å². The first-order chi connectivity index (χ1) is 8.34. The number of ketones is 1. The van der Waals surface area contributed by atoms with Crippen molar-refractivity contribution < 1.29 is 14.7 Å². The third-order valence-corrected chi connectivity index (χ3v) is 3.18. The molecule has 0 atom stereocenters. The van der Waals surface area contributed by atoms with Gasteiger partial charge in [0.15, 0.2) is 5.78 Å². The van der Waals surface area contributed by atoms with Crippen molar-refractivity contribution in [1.82, 2.24) is 4.57 Å². The quantitative estimate of drug-likeness (QED) is 0.827. The number of nitrogens with zero attached hydrogens (tertiary/aromatic N) is 1. The second kappa shape index (κ2) is 3.98. The van der Waals surface area contributed by atoms with Crippen LogP contribution in [0.5, 0.6) is 0 Å². The molecule has 0 spiro atoms.